The number of carbonyl (C=O) groups is 3. The van der Waals surface area contributed by atoms with E-state index in [1.165, 1.54) is 14.2 Å². The molecule has 7 rings (SSSR count). The van der Waals surface area contributed by atoms with E-state index in [0.29, 0.717) is 56.1 Å². The summed E-state index contributed by atoms with van der Waals surface area (Å²) in [5.74, 6) is -0.811. The van der Waals surface area contributed by atoms with Crippen LogP contribution in [0, 0.1) is 5.92 Å². The number of amides is 2. The molecule has 1 aromatic heterocycles. The van der Waals surface area contributed by atoms with Gasteiger partial charge in [0.15, 0.2) is 17.3 Å². The molecule has 48 heavy (non-hydrogen) atoms. The third-order valence-electron chi connectivity index (χ3n) is 10.8. The van der Waals surface area contributed by atoms with E-state index in [9.17, 15) is 14.4 Å². The summed E-state index contributed by atoms with van der Waals surface area (Å²) < 4.78 is 36.0. The zero-order chi connectivity index (χ0) is 33.4. The SMILES string of the molecule is COc1cccc(C(=O)NC2CCN(C3C(F)CC4C(=O)C(C(=O)NCCCn5ccnc5)=CN5C6CCCCC6OC3C45)C2)c1OC. The predicted molar refractivity (Wildman–Crippen MR) is 173 cm³/mol. The second-order valence-corrected chi connectivity index (χ2v) is 13.6. The van der Waals surface area contributed by atoms with Crippen molar-refractivity contribution in [3.05, 3.63) is 54.3 Å². The average Bonchev–Trinajstić information content (AvgIpc) is 3.79. The maximum atomic E-state index is 16.5. The van der Waals surface area contributed by atoms with E-state index in [1.54, 1.807) is 36.9 Å². The number of methoxy groups -OCH3 is 2. The summed E-state index contributed by atoms with van der Waals surface area (Å²) in [4.78, 5) is 49.0. The Labute approximate surface area is 280 Å². The van der Waals surface area contributed by atoms with Gasteiger partial charge >= 0.3 is 0 Å². The monoisotopic (exact) mass is 664 g/mol. The van der Waals surface area contributed by atoms with Crippen molar-refractivity contribution in [3.8, 4) is 11.5 Å². The van der Waals surface area contributed by atoms with E-state index in [1.807, 2.05) is 10.8 Å². The molecule has 0 bridgehead atoms. The molecule has 5 aliphatic rings. The fourth-order valence-corrected chi connectivity index (χ4v) is 8.64. The van der Waals surface area contributed by atoms with Gasteiger partial charge in [-0.3, -0.25) is 19.3 Å². The Kier molecular flexibility index (Phi) is 9.41. The Balaban J connectivity index is 1.07. The van der Waals surface area contributed by atoms with Crippen LogP contribution in [0.15, 0.2) is 48.7 Å². The lowest BCUT2D eigenvalue weighted by Gasteiger charge is -2.60. The molecule has 3 aliphatic heterocycles. The Morgan fingerprint density at radius 3 is 2.75 bits per heavy atom. The Bertz CT molecular complexity index is 1540. The number of nitrogens with one attached hydrogen (secondary N) is 2. The van der Waals surface area contributed by atoms with Gasteiger partial charge in [-0.2, -0.15) is 0 Å². The standard InChI is InChI=1S/C35H45FN6O6/c1-46-28-10-5-7-22(32(28)47-2)35(45)39-21-11-15-41(18-21)30-25(36)17-23-29-33(30)48-27-9-4-3-8-26(27)42(29)19-24(31(23)43)34(44)38-12-6-14-40-16-13-37-20-40/h5,7,10,13,16,19-21,23,25-27,29-30,33H,3-4,6,8-9,11-12,14-15,17-18H2,1-2H3,(H,38,44)(H,39,45). The number of likely N-dealkylation sites (tertiary alicyclic amines) is 1. The number of halogens is 1. The maximum Gasteiger partial charge on any atom is 0.256 e. The van der Waals surface area contributed by atoms with Gasteiger partial charge in [0.2, 0.25) is 0 Å². The molecule has 8 atom stereocenters. The molecular weight excluding hydrogens is 619 g/mol. The van der Waals surface area contributed by atoms with Crippen molar-refractivity contribution in [1.82, 2.24) is 30.0 Å². The normalized spacial score (nSPS) is 31.4. The summed E-state index contributed by atoms with van der Waals surface area (Å²) in [6, 6.07) is 4.10. The molecule has 258 valence electrons. The number of fused-ring (bicyclic) bond motifs is 2. The molecule has 2 N–H and O–H groups in total. The maximum absolute atomic E-state index is 16.5. The van der Waals surface area contributed by atoms with Crippen LogP contribution < -0.4 is 20.1 Å². The number of aryl methyl sites for hydroxylation is 1. The predicted octanol–water partition coefficient (Wildman–Crippen LogP) is 2.48. The number of morpholine rings is 1. The summed E-state index contributed by atoms with van der Waals surface area (Å²) in [5, 5.41) is 6.04. The molecule has 4 fully saturated rings. The van der Waals surface area contributed by atoms with Crippen LogP contribution in [0.25, 0.3) is 0 Å². The third kappa shape index (κ3) is 6.06. The summed E-state index contributed by atoms with van der Waals surface area (Å²) in [6.45, 7) is 2.17. The van der Waals surface area contributed by atoms with E-state index in [0.717, 1.165) is 25.7 Å². The summed E-state index contributed by atoms with van der Waals surface area (Å²) in [7, 11) is 3.02. The highest BCUT2D eigenvalue weighted by molar-refractivity contribution is 6.20. The van der Waals surface area contributed by atoms with Crippen LogP contribution in [0.2, 0.25) is 0 Å². The molecule has 2 amide bonds. The van der Waals surface area contributed by atoms with Crippen LogP contribution in [0.3, 0.4) is 0 Å². The molecule has 2 saturated carbocycles. The van der Waals surface area contributed by atoms with Gasteiger partial charge in [0, 0.05) is 56.7 Å². The Morgan fingerprint density at radius 1 is 1.10 bits per heavy atom. The largest absolute Gasteiger partial charge is 0.493 e. The first-order valence-corrected chi connectivity index (χ1v) is 17.2. The molecule has 2 aliphatic carbocycles. The quantitative estimate of drug-likeness (QED) is 0.291. The van der Waals surface area contributed by atoms with Crippen molar-refractivity contribution >= 4 is 17.6 Å². The molecule has 0 spiro atoms. The number of nitrogens with zero attached hydrogens (tertiary/aromatic N) is 4. The highest BCUT2D eigenvalue weighted by atomic mass is 19.1. The lowest BCUT2D eigenvalue weighted by Crippen LogP contribution is -2.73. The van der Waals surface area contributed by atoms with E-state index < -0.39 is 30.1 Å². The van der Waals surface area contributed by atoms with Crippen molar-refractivity contribution in [2.24, 2.45) is 5.92 Å². The molecule has 8 unspecified atom stereocenters. The van der Waals surface area contributed by atoms with Crippen molar-refractivity contribution in [3.63, 3.8) is 0 Å². The fourth-order valence-electron chi connectivity index (χ4n) is 8.64. The molecule has 0 radical (unpaired) electrons. The number of hydrogen-bond acceptors (Lipinski definition) is 9. The van der Waals surface area contributed by atoms with Gasteiger partial charge in [-0.15, -0.1) is 0 Å². The topological polar surface area (TPSA) is 127 Å². The summed E-state index contributed by atoms with van der Waals surface area (Å²) >= 11 is 0. The van der Waals surface area contributed by atoms with Crippen LogP contribution in [-0.4, -0.2) is 113 Å². The van der Waals surface area contributed by atoms with Gasteiger partial charge in [0.25, 0.3) is 11.8 Å². The minimum absolute atomic E-state index is 0.0295. The number of hydrogen-bond donors (Lipinski definition) is 2. The van der Waals surface area contributed by atoms with Crippen LogP contribution in [-0.2, 0) is 20.9 Å². The number of benzene rings is 1. The fraction of sp³-hybridized carbons (Fsp3) is 0.600. The van der Waals surface area contributed by atoms with Gasteiger partial charge in [-0.05, 0) is 44.2 Å². The summed E-state index contributed by atoms with van der Waals surface area (Å²) in [6.07, 6.45) is 10.3. The van der Waals surface area contributed by atoms with Gasteiger partial charge in [0.1, 0.15) is 6.17 Å². The molecule has 4 heterocycles. The smallest absolute Gasteiger partial charge is 0.256 e. The number of rotatable bonds is 10. The van der Waals surface area contributed by atoms with E-state index in [-0.39, 0.29) is 47.9 Å². The van der Waals surface area contributed by atoms with Crippen LogP contribution in [0.1, 0.15) is 55.3 Å². The second-order valence-electron chi connectivity index (χ2n) is 13.6. The van der Waals surface area contributed by atoms with Gasteiger partial charge in [-0.25, -0.2) is 9.37 Å². The minimum atomic E-state index is -1.33. The Hall–Kier alpha value is -3.97. The third-order valence-corrected chi connectivity index (χ3v) is 10.8. The van der Waals surface area contributed by atoms with Crippen molar-refractivity contribution in [2.75, 3.05) is 33.9 Å². The second kappa shape index (κ2) is 13.9. The molecule has 1 aromatic carbocycles. The lowest BCUT2D eigenvalue weighted by atomic mass is 9.69. The molecule has 12 nitrogen and oxygen atoms in total. The molecule has 2 aromatic rings. The summed E-state index contributed by atoms with van der Waals surface area (Å²) in [5.41, 5.74) is 0.491. The number of imidazole rings is 1. The van der Waals surface area contributed by atoms with Crippen molar-refractivity contribution in [2.45, 2.75) is 94.0 Å². The van der Waals surface area contributed by atoms with E-state index in [4.69, 9.17) is 14.2 Å². The van der Waals surface area contributed by atoms with Crippen LogP contribution >= 0.6 is 0 Å². The molecule has 13 heteroatoms. The highest BCUT2D eigenvalue weighted by Crippen LogP contribution is 2.47. The molecular formula is C35H45FN6O6. The lowest BCUT2D eigenvalue weighted by molar-refractivity contribution is -0.209. The van der Waals surface area contributed by atoms with Crippen LogP contribution in [0.4, 0.5) is 4.39 Å². The first-order chi connectivity index (χ1) is 23.4. The molecule has 2 saturated heterocycles. The number of Topliss-reactive ketones (excluding diaryl/α,β-unsaturated/α-hetero) is 1. The minimum Gasteiger partial charge on any atom is -0.493 e. The Morgan fingerprint density at radius 2 is 1.96 bits per heavy atom. The number of aromatic nitrogens is 2. The number of para-hydroxylation sites is 1. The zero-order valence-electron chi connectivity index (χ0n) is 27.6. The van der Waals surface area contributed by atoms with Crippen molar-refractivity contribution < 1.29 is 33.0 Å². The average molecular weight is 665 g/mol. The number of alkyl halides is 1. The number of ether oxygens (including phenoxy) is 3. The van der Waals surface area contributed by atoms with Crippen molar-refractivity contribution in [1.29, 1.82) is 0 Å². The van der Waals surface area contributed by atoms with E-state index >= 15 is 4.39 Å². The van der Waals surface area contributed by atoms with Gasteiger partial charge < -0.3 is 34.3 Å². The van der Waals surface area contributed by atoms with E-state index in [2.05, 4.69) is 25.4 Å². The van der Waals surface area contributed by atoms with Gasteiger partial charge in [-0.1, -0.05) is 18.9 Å². The first-order valence-electron chi connectivity index (χ1n) is 17.2. The number of ketones is 1. The number of carbonyl (C=O) groups excluding carboxylic acids is 3. The first kappa shape index (κ1) is 32.6. The zero-order valence-corrected chi connectivity index (χ0v) is 27.6. The van der Waals surface area contributed by atoms with Gasteiger partial charge in [0.05, 0.1) is 62.0 Å². The highest BCUT2D eigenvalue weighted by Gasteiger charge is 2.60. The van der Waals surface area contributed by atoms with Crippen LogP contribution in [0.5, 0.6) is 11.5 Å².